The number of allylic oxidation sites excluding steroid dienone is 1. The van der Waals surface area contributed by atoms with E-state index in [-0.39, 0.29) is 36.9 Å². The van der Waals surface area contributed by atoms with Gasteiger partial charge in [-0.3, -0.25) is 24.0 Å². The van der Waals surface area contributed by atoms with E-state index in [1.165, 1.54) is 6.20 Å². The van der Waals surface area contributed by atoms with Crippen LogP contribution < -0.4 is 19.7 Å². The van der Waals surface area contributed by atoms with Crippen molar-refractivity contribution >= 4 is 50.2 Å². The topological polar surface area (TPSA) is 160 Å². The SMILES string of the molecule is C=C1CCC(N2Cc3cc(N4CCN(CCc5ccc(-c6cnc7[nH]cc(C(=O)c8c(F)ccc(NS(=O)(=O)N9CC[C@@H](F)C9)c8F)c7c6)cc5)CC4)cc(OC)c3C2=O)C(=O)N1. The molecule has 0 radical (unpaired) electrons. The predicted molar refractivity (Wildman–Crippen MR) is 230 cm³/mol. The van der Waals surface area contributed by atoms with E-state index >= 15 is 8.78 Å². The molecular formula is C45H45F3N8O6S. The highest BCUT2D eigenvalue weighted by Crippen LogP contribution is 2.38. The summed E-state index contributed by atoms with van der Waals surface area (Å²) in [4.78, 5) is 53.6. The average Bonchev–Trinajstić information content (AvgIpc) is 4.01. The number of benzene rings is 3. The highest BCUT2D eigenvalue weighted by Gasteiger charge is 2.40. The van der Waals surface area contributed by atoms with Crippen LogP contribution in [0.15, 0.2) is 79.3 Å². The molecule has 63 heavy (non-hydrogen) atoms. The molecule has 0 bridgehead atoms. The fraction of sp³-hybridized carbons (Fsp3) is 0.333. The smallest absolute Gasteiger partial charge is 0.301 e. The number of halogens is 3. The normalized spacial score (nSPS) is 19.8. The number of carbonyl (C=O) groups excluding carboxylic acids is 3. The number of piperidine rings is 1. The van der Waals surface area contributed by atoms with Gasteiger partial charge in [0.2, 0.25) is 11.7 Å². The monoisotopic (exact) mass is 882 g/mol. The summed E-state index contributed by atoms with van der Waals surface area (Å²) in [5.74, 6) is -3.46. The molecule has 3 saturated heterocycles. The van der Waals surface area contributed by atoms with E-state index in [0.29, 0.717) is 53.0 Å². The first kappa shape index (κ1) is 42.1. The predicted octanol–water partition coefficient (Wildman–Crippen LogP) is 5.56. The molecule has 9 rings (SSSR count). The Morgan fingerprint density at radius 3 is 2.49 bits per heavy atom. The van der Waals surface area contributed by atoms with E-state index in [0.717, 1.165) is 78.0 Å². The molecular weight excluding hydrogens is 838 g/mol. The number of anilines is 2. The van der Waals surface area contributed by atoms with Crippen molar-refractivity contribution in [3.63, 3.8) is 0 Å². The van der Waals surface area contributed by atoms with Crippen LogP contribution >= 0.6 is 0 Å². The molecule has 2 amide bonds. The molecule has 3 aromatic carbocycles. The quantitative estimate of drug-likeness (QED) is 0.136. The van der Waals surface area contributed by atoms with Gasteiger partial charge < -0.3 is 24.8 Å². The second kappa shape index (κ2) is 16.8. The van der Waals surface area contributed by atoms with E-state index < -0.39 is 51.1 Å². The van der Waals surface area contributed by atoms with Crippen LogP contribution in [0.2, 0.25) is 0 Å². The van der Waals surface area contributed by atoms with Crippen LogP contribution in [0.5, 0.6) is 5.75 Å². The number of hydrogen-bond acceptors (Lipinski definition) is 9. The number of aromatic amines is 1. The van der Waals surface area contributed by atoms with E-state index in [4.69, 9.17) is 4.74 Å². The zero-order valence-electron chi connectivity index (χ0n) is 34.4. The molecule has 14 nitrogen and oxygen atoms in total. The first-order valence-corrected chi connectivity index (χ1v) is 22.2. The maximum Gasteiger partial charge on any atom is 0.301 e. The maximum absolute atomic E-state index is 15.7. The van der Waals surface area contributed by atoms with Crippen molar-refractivity contribution in [1.82, 2.24) is 29.4 Å². The summed E-state index contributed by atoms with van der Waals surface area (Å²) >= 11 is 0. The molecule has 0 aliphatic carbocycles. The van der Waals surface area contributed by atoms with Gasteiger partial charge in [0.05, 0.1) is 23.9 Å². The van der Waals surface area contributed by atoms with Crippen LogP contribution in [0.4, 0.5) is 24.5 Å². The average molecular weight is 883 g/mol. The second-order valence-corrected chi connectivity index (χ2v) is 18.0. The highest BCUT2D eigenvalue weighted by atomic mass is 32.2. The lowest BCUT2D eigenvalue weighted by molar-refractivity contribution is -0.126. The summed E-state index contributed by atoms with van der Waals surface area (Å²) in [5, 5.41) is 3.11. The van der Waals surface area contributed by atoms with E-state index in [1.54, 1.807) is 24.3 Å². The van der Waals surface area contributed by atoms with Crippen molar-refractivity contribution in [2.45, 2.75) is 44.4 Å². The number of piperazine rings is 1. The molecule has 4 aliphatic heterocycles. The van der Waals surface area contributed by atoms with Gasteiger partial charge in [-0.25, -0.2) is 18.2 Å². The Bertz CT molecular complexity index is 2780. The van der Waals surface area contributed by atoms with Gasteiger partial charge in [-0.05, 0) is 66.6 Å². The number of aromatic nitrogens is 2. The number of nitrogens with one attached hydrogen (secondary N) is 3. The molecule has 3 fully saturated rings. The van der Waals surface area contributed by atoms with E-state index in [1.807, 2.05) is 41.1 Å². The Morgan fingerprint density at radius 2 is 1.78 bits per heavy atom. The van der Waals surface area contributed by atoms with Gasteiger partial charge in [0, 0.05) is 98.7 Å². The largest absolute Gasteiger partial charge is 0.496 e. The molecule has 1 unspecified atom stereocenters. The summed E-state index contributed by atoms with van der Waals surface area (Å²) < 4.78 is 78.7. The number of hydrogen-bond donors (Lipinski definition) is 3. The summed E-state index contributed by atoms with van der Waals surface area (Å²) in [6, 6.07) is 14.8. The van der Waals surface area contributed by atoms with E-state index in [9.17, 15) is 27.2 Å². The Morgan fingerprint density at radius 1 is 1.00 bits per heavy atom. The number of ether oxygens (including phenoxy) is 1. The number of carbonyl (C=O) groups is 3. The first-order chi connectivity index (χ1) is 30.3. The molecule has 0 saturated carbocycles. The van der Waals surface area contributed by atoms with E-state index in [2.05, 4.69) is 31.7 Å². The third-order valence-electron chi connectivity index (χ3n) is 12.4. The molecule has 3 N–H and O–H groups in total. The Hall–Kier alpha value is -6.24. The fourth-order valence-electron chi connectivity index (χ4n) is 8.89. The number of rotatable bonds is 12. The molecule has 18 heteroatoms. The minimum Gasteiger partial charge on any atom is -0.496 e. The van der Waals surface area contributed by atoms with Gasteiger partial charge in [-0.1, -0.05) is 30.8 Å². The van der Waals surface area contributed by atoms with Gasteiger partial charge >= 0.3 is 10.2 Å². The zero-order chi connectivity index (χ0) is 44.2. The van der Waals surface area contributed by atoms with Gasteiger partial charge in [-0.15, -0.1) is 0 Å². The van der Waals surface area contributed by atoms with Crippen LogP contribution in [-0.2, 0) is 28.0 Å². The molecule has 6 heterocycles. The van der Waals surface area contributed by atoms with Crippen LogP contribution in [0.1, 0.15) is 56.7 Å². The minimum atomic E-state index is -4.36. The van der Waals surface area contributed by atoms with Crippen molar-refractivity contribution < 1.29 is 40.7 Å². The number of alkyl halides is 1. The molecule has 4 aliphatic rings. The van der Waals surface area contributed by atoms with Crippen LogP contribution in [0.3, 0.4) is 0 Å². The molecule has 5 aromatic rings. The molecule has 2 atom stereocenters. The zero-order valence-corrected chi connectivity index (χ0v) is 35.2. The van der Waals surface area contributed by atoms with Crippen molar-refractivity contribution in [3.8, 4) is 16.9 Å². The fourth-order valence-corrected chi connectivity index (χ4v) is 10.2. The summed E-state index contributed by atoms with van der Waals surface area (Å²) in [6.45, 7) is 7.80. The van der Waals surface area contributed by atoms with Crippen molar-refractivity contribution in [1.29, 1.82) is 0 Å². The summed E-state index contributed by atoms with van der Waals surface area (Å²) in [6.07, 6.45) is 3.56. The number of pyridine rings is 1. The molecule has 2 aromatic heterocycles. The maximum atomic E-state index is 15.7. The Kier molecular flexibility index (Phi) is 11.2. The van der Waals surface area contributed by atoms with Crippen molar-refractivity contribution in [3.05, 3.63) is 119 Å². The van der Waals surface area contributed by atoms with Crippen molar-refractivity contribution in [2.24, 2.45) is 0 Å². The lowest BCUT2D eigenvalue weighted by atomic mass is 9.99. The number of ketones is 1. The highest BCUT2D eigenvalue weighted by molar-refractivity contribution is 7.90. The lowest BCUT2D eigenvalue weighted by Gasteiger charge is -2.36. The lowest BCUT2D eigenvalue weighted by Crippen LogP contribution is -2.49. The molecule has 0 spiro atoms. The molecule has 328 valence electrons. The minimum absolute atomic E-state index is 0.00121. The van der Waals surface area contributed by atoms with Gasteiger partial charge in [0.15, 0.2) is 5.82 Å². The third kappa shape index (κ3) is 8.13. The Labute approximate surface area is 361 Å². The van der Waals surface area contributed by atoms with Crippen molar-refractivity contribution in [2.75, 3.05) is 62.5 Å². The van der Waals surface area contributed by atoms with Crippen LogP contribution in [-0.4, -0.2) is 115 Å². The Balaban J connectivity index is 0.827. The first-order valence-electron chi connectivity index (χ1n) is 20.8. The van der Waals surface area contributed by atoms with Crippen LogP contribution in [0.25, 0.3) is 22.2 Å². The van der Waals surface area contributed by atoms with Gasteiger partial charge in [-0.2, -0.15) is 12.7 Å². The number of nitrogens with zero attached hydrogens (tertiary/aromatic N) is 5. The number of fused-ring (bicyclic) bond motifs is 2. The van der Waals surface area contributed by atoms with Crippen LogP contribution in [0, 0.1) is 11.6 Å². The number of H-pyrrole nitrogens is 1. The van der Waals surface area contributed by atoms with Gasteiger partial charge in [0.1, 0.15) is 29.4 Å². The third-order valence-corrected chi connectivity index (χ3v) is 13.9. The standard InChI is InChI=1S/C45H45F3N8O6S/c1-26-3-10-37(44(58)51-26)56-24-30-19-32(21-38(62-2)39(30)45(56)59)54-17-15-53(16-18-54)13-11-27-4-6-28(7-5-27)29-20-33-34(23-50-43(33)49-22-29)42(57)40-35(47)8-9-36(41(40)48)52-63(60,61)55-14-12-31(46)25-55/h4-9,19-23,31,37,52H,1,3,10-18,24-25H2,2H3,(H,49,50)(H,51,58)/t31-,37?/m1/s1. The number of amides is 2. The summed E-state index contributed by atoms with van der Waals surface area (Å²) in [7, 11) is -2.80. The summed E-state index contributed by atoms with van der Waals surface area (Å²) in [5.41, 5.74) is 4.31. The van der Waals surface area contributed by atoms with Gasteiger partial charge in [0.25, 0.3) is 5.91 Å². The second-order valence-electron chi connectivity index (χ2n) is 16.3. The number of methoxy groups -OCH3 is 1.